The third kappa shape index (κ3) is 6.46. The first-order valence-corrected chi connectivity index (χ1v) is 13.9. The largest absolute Gasteiger partial charge is 0.491 e. The van der Waals surface area contributed by atoms with E-state index < -0.39 is 0 Å². The van der Waals surface area contributed by atoms with Crippen LogP contribution in [0.25, 0.3) is 16.6 Å². The predicted molar refractivity (Wildman–Crippen MR) is 150 cm³/mol. The molecule has 2 fully saturated rings. The Morgan fingerprint density at radius 1 is 1.20 bits per heavy atom. The minimum absolute atomic E-state index is 0.151. The van der Waals surface area contributed by atoms with Gasteiger partial charge in [0, 0.05) is 55.6 Å². The van der Waals surface area contributed by atoms with Gasteiger partial charge in [-0.05, 0) is 51.8 Å². The minimum atomic E-state index is -0.372. The molecule has 0 unspecified atom stereocenters. The molecular formula is C29H37N7O4. The fourth-order valence-electron chi connectivity index (χ4n) is 5.17. The number of hydrogen-bond donors (Lipinski definition) is 1. The van der Waals surface area contributed by atoms with Crippen LogP contribution in [0.15, 0.2) is 36.8 Å². The molecule has 5 heterocycles. The second-order valence-corrected chi connectivity index (χ2v) is 10.9. The molecule has 212 valence electrons. The van der Waals surface area contributed by atoms with Crippen molar-refractivity contribution >= 4 is 17.4 Å². The molecule has 40 heavy (non-hydrogen) atoms. The van der Waals surface area contributed by atoms with Crippen molar-refractivity contribution in [3.63, 3.8) is 0 Å². The smallest absolute Gasteiger partial charge is 0.407 e. The number of amides is 1. The van der Waals surface area contributed by atoms with E-state index in [2.05, 4.69) is 33.2 Å². The highest BCUT2D eigenvalue weighted by molar-refractivity contribution is 5.85. The van der Waals surface area contributed by atoms with E-state index in [9.17, 15) is 10.1 Å². The van der Waals surface area contributed by atoms with Crippen LogP contribution in [0.5, 0.6) is 5.75 Å². The van der Waals surface area contributed by atoms with Crippen LogP contribution in [0.3, 0.4) is 0 Å². The van der Waals surface area contributed by atoms with Gasteiger partial charge in [-0.1, -0.05) is 0 Å². The zero-order valence-corrected chi connectivity index (χ0v) is 23.4. The second-order valence-electron chi connectivity index (χ2n) is 10.9. The average Bonchev–Trinajstić information content (AvgIpc) is 3.36. The molecule has 3 aromatic rings. The highest BCUT2D eigenvalue weighted by Crippen LogP contribution is 2.32. The Kier molecular flexibility index (Phi) is 8.38. The molecule has 0 saturated carbocycles. The van der Waals surface area contributed by atoms with Crippen LogP contribution in [-0.4, -0.2) is 89.8 Å². The van der Waals surface area contributed by atoms with E-state index in [1.165, 1.54) is 0 Å². The highest BCUT2D eigenvalue weighted by Gasteiger charge is 2.32. The topological polar surface area (TPSA) is 117 Å². The first kappa shape index (κ1) is 27.7. The van der Waals surface area contributed by atoms with Gasteiger partial charge in [0.1, 0.15) is 24.2 Å². The number of carbonyl (C=O) groups is 1. The van der Waals surface area contributed by atoms with Crippen molar-refractivity contribution in [2.45, 2.75) is 45.3 Å². The number of nitriles is 1. The molecule has 3 aromatic heterocycles. The number of carbonyl (C=O) groups excluding carboxylic acids is 1. The lowest BCUT2D eigenvalue weighted by Crippen LogP contribution is -2.54. The molecule has 0 spiro atoms. The van der Waals surface area contributed by atoms with Gasteiger partial charge in [0.05, 0.1) is 42.8 Å². The number of nitrogens with zero attached hydrogens (tertiary/aromatic N) is 6. The van der Waals surface area contributed by atoms with Crippen LogP contribution >= 0.6 is 0 Å². The van der Waals surface area contributed by atoms with Crippen molar-refractivity contribution in [1.29, 1.82) is 5.26 Å². The number of morpholine rings is 1. The molecule has 0 bridgehead atoms. The number of rotatable bonds is 8. The van der Waals surface area contributed by atoms with Gasteiger partial charge >= 0.3 is 6.09 Å². The number of aromatic nitrogens is 3. The normalized spacial score (nSPS) is 17.5. The van der Waals surface area contributed by atoms with Gasteiger partial charge in [0.25, 0.3) is 0 Å². The molecule has 1 N–H and O–H groups in total. The summed E-state index contributed by atoms with van der Waals surface area (Å²) in [4.78, 5) is 21.4. The molecular weight excluding hydrogens is 510 g/mol. The number of hydrogen-bond acceptors (Lipinski definition) is 9. The second kappa shape index (κ2) is 12.1. The summed E-state index contributed by atoms with van der Waals surface area (Å²) in [5, 5.41) is 17.1. The van der Waals surface area contributed by atoms with E-state index in [1.54, 1.807) is 10.7 Å². The fraction of sp³-hybridized carbons (Fsp3) is 0.517. The number of alkyl carbamates (subject to hydrolysis) is 1. The van der Waals surface area contributed by atoms with E-state index >= 15 is 0 Å². The van der Waals surface area contributed by atoms with Crippen molar-refractivity contribution < 1.29 is 19.0 Å². The summed E-state index contributed by atoms with van der Waals surface area (Å²) in [6, 6.07) is 8.24. The third-order valence-corrected chi connectivity index (χ3v) is 7.48. The Bertz CT molecular complexity index is 1350. The molecule has 11 nitrogen and oxygen atoms in total. The Labute approximate surface area is 234 Å². The van der Waals surface area contributed by atoms with E-state index in [-0.39, 0.29) is 17.7 Å². The quantitative estimate of drug-likeness (QED) is 0.452. The summed E-state index contributed by atoms with van der Waals surface area (Å²) in [5.74, 6) is 1.56. The van der Waals surface area contributed by atoms with Crippen molar-refractivity contribution in [2.75, 3.05) is 57.4 Å². The molecule has 11 heteroatoms. The van der Waals surface area contributed by atoms with E-state index in [0.29, 0.717) is 17.9 Å². The molecule has 1 amide bonds. The Morgan fingerprint density at radius 2 is 1.98 bits per heavy atom. The average molecular weight is 548 g/mol. The van der Waals surface area contributed by atoms with Crippen molar-refractivity contribution in [1.82, 2.24) is 24.8 Å². The lowest BCUT2D eigenvalue weighted by molar-refractivity contribution is 0.0322. The first-order chi connectivity index (χ1) is 19.3. The molecule has 5 rings (SSSR count). The summed E-state index contributed by atoms with van der Waals surface area (Å²) in [7, 11) is 0. The highest BCUT2D eigenvalue weighted by atomic mass is 16.6. The molecule has 2 aliphatic heterocycles. The maximum atomic E-state index is 12.1. The summed E-state index contributed by atoms with van der Waals surface area (Å²) < 4.78 is 18.5. The summed E-state index contributed by atoms with van der Waals surface area (Å²) in [6.45, 7) is 12.0. The van der Waals surface area contributed by atoms with Crippen LogP contribution in [0.2, 0.25) is 0 Å². The number of anilines is 1. The van der Waals surface area contributed by atoms with Crippen molar-refractivity contribution in [3.05, 3.63) is 42.4 Å². The first-order valence-electron chi connectivity index (χ1n) is 13.9. The summed E-state index contributed by atoms with van der Waals surface area (Å²) in [5.41, 5.74) is 2.63. The molecule has 0 aromatic carbocycles. The van der Waals surface area contributed by atoms with Crippen LogP contribution in [-0.2, 0) is 9.47 Å². The van der Waals surface area contributed by atoms with Crippen molar-refractivity contribution in [2.24, 2.45) is 0 Å². The van der Waals surface area contributed by atoms with Crippen LogP contribution in [0.4, 0.5) is 10.6 Å². The number of fused-ring (bicyclic) bond motifs is 1. The van der Waals surface area contributed by atoms with Gasteiger partial charge in [-0.25, -0.2) is 14.3 Å². The SMILES string of the molecule is CC(C)OC(=O)NC1(C)CCN(c2ccc(-c3cc(OCCN4CCOCC4)cn4ncc(C#N)c34)cn2)CC1. The summed E-state index contributed by atoms with van der Waals surface area (Å²) in [6.07, 6.45) is 6.28. The Hall–Kier alpha value is -3.88. The van der Waals surface area contributed by atoms with E-state index in [0.717, 1.165) is 81.2 Å². The standard InChI is InChI=1S/C29H37N7O4/c1-21(2)40-28(37)33-29(3)6-8-35(9-7-29)26-5-4-22(18-31-26)25-16-24(20-36-27(25)23(17-30)19-32-36)39-15-12-34-10-13-38-14-11-34/h4-5,16,18-21H,6-15H2,1-3H3,(H,33,37). The van der Waals surface area contributed by atoms with Gasteiger partial charge < -0.3 is 24.4 Å². The monoisotopic (exact) mass is 547 g/mol. The Balaban J connectivity index is 1.28. The molecule has 2 aliphatic rings. The molecule has 0 radical (unpaired) electrons. The fourth-order valence-corrected chi connectivity index (χ4v) is 5.17. The number of nitrogens with one attached hydrogen (secondary N) is 1. The molecule has 2 saturated heterocycles. The number of piperidine rings is 1. The summed E-state index contributed by atoms with van der Waals surface area (Å²) >= 11 is 0. The van der Waals surface area contributed by atoms with Gasteiger partial charge in [0.2, 0.25) is 0 Å². The Morgan fingerprint density at radius 3 is 2.65 bits per heavy atom. The third-order valence-electron chi connectivity index (χ3n) is 7.48. The van der Waals surface area contributed by atoms with Gasteiger partial charge in [-0.2, -0.15) is 10.4 Å². The zero-order chi connectivity index (χ0) is 28.1. The zero-order valence-electron chi connectivity index (χ0n) is 23.4. The lowest BCUT2D eigenvalue weighted by atomic mass is 9.90. The lowest BCUT2D eigenvalue weighted by Gasteiger charge is -2.40. The van der Waals surface area contributed by atoms with Crippen molar-refractivity contribution in [3.8, 4) is 22.9 Å². The van der Waals surface area contributed by atoms with Gasteiger partial charge in [-0.15, -0.1) is 0 Å². The van der Waals surface area contributed by atoms with Crippen LogP contribution in [0.1, 0.15) is 39.2 Å². The van der Waals surface area contributed by atoms with Gasteiger partial charge in [0.15, 0.2) is 0 Å². The van der Waals surface area contributed by atoms with E-state index in [1.807, 2.05) is 44.4 Å². The van der Waals surface area contributed by atoms with E-state index in [4.69, 9.17) is 19.2 Å². The maximum Gasteiger partial charge on any atom is 0.407 e. The van der Waals surface area contributed by atoms with Crippen LogP contribution < -0.4 is 15.0 Å². The predicted octanol–water partition coefficient (Wildman–Crippen LogP) is 3.47. The van der Waals surface area contributed by atoms with Crippen LogP contribution in [0, 0.1) is 11.3 Å². The number of ether oxygens (including phenoxy) is 3. The molecule has 0 atom stereocenters. The molecule has 0 aliphatic carbocycles. The number of pyridine rings is 2. The van der Waals surface area contributed by atoms with Gasteiger partial charge in [-0.3, -0.25) is 4.90 Å². The maximum absolute atomic E-state index is 12.1. The minimum Gasteiger partial charge on any atom is -0.491 e.